The third-order valence-electron chi connectivity index (χ3n) is 3.16. The summed E-state index contributed by atoms with van der Waals surface area (Å²) < 4.78 is 6.08. The van der Waals surface area contributed by atoms with Crippen LogP contribution in [0.4, 0.5) is 0 Å². The number of hydrogen-bond donors (Lipinski definition) is 1. The predicted octanol–water partition coefficient (Wildman–Crippen LogP) is 3.89. The van der Waals surface area contributed by atoms with E-state index in [0.717, 1.165) is 21.2 Å². The Morgan fingerprint density at radius 2 is 1.90 bits per heavy atom. The van der Waals surface area contributed by atoms with E-state index in [0.29, 0.717) is 5.82 Å². The number of aromatic nitrogens is 2. The second-order valence-corrected chi connectivity index (χ2v) is 5.61. The van der Waals surface area contributed by atoms with Crippen molar-refractivity contribution in [2.75, 3.05) is 0 Å². The van der Waals surface area contributed by atoms with Gasteiger partial charge in [-0.15, -0.1) is 0 Å². The molecule has 0 bridgehead atoms. The smallest absolute Gasteiger partial charge is 0.260 e. The number of aliphatic hydroxyl groups is 1. The Labute approximate surface area is 130 Å². The van der Waals surface area contributed by atoms with Crippen LogP contribution < -0.4 is 0 Å². The van der Waals surface area contributed by atoms with E-state index in [1.807, 2.05) is 55.5 Å². The molecule has 4 nitrogen and oxygen atoms in total. The van der Waals surface area contributed by atoms with Crippen molar-refractivity contribution in [1.29, 1.82) is 0 Å². The van der Waals surface area contributed by atoms with Crippen molar-refractivity contribution in [3.63, 3.8) is 0 Å². The minimum Gasteiger partial charge on any atom is -0.378 e. The van der Waals surface area contributed by atoms with E-state index < -0.39 is 6.10 Å². The molecule has 0 amide bonds. The Morgan fingerprint density at radius 1 is 1.14 bits per heavy atom. The lowest BCUT2D eigenvalue weighted by Crippen LogP contribution is -1.99. The van der Waals surface area contributed by atoms with Crippen molar-refractivity contribution >= 4 is 15.9 Å². The molecule has 1 heterocycles. The van der Waals surface area contributed by atoms with Crippen LogP contribution in [0, 0.1) is 6.92 Å². The lowest BCUT2D eigenvalue weighted by atomic mass is 10.1. The molecule has 21 heavy (non-hydrogen) atoms. The summed E-state index contributed by atoms with van der Waals surface area (Å²) in [5, 5.41) is 14.2. The van der Waals surface area contributed by atoms with Crippen molar-refractivity contribution in [2.45, 2.75) is 13.0 Å². The molecular weight excluding hydrogens is 332 g/mol. The van der Waals surface area contributed by atoms with Crippen LogP contribution in [0.3, 0.4) is 0 Å². The highest BCUT2D eigenvalue weighted by Gasteiger charge is 2.19. The van der Waals surface area contributed by atoms with Crippen molar-refractivity contribution in [3.8, 4) is 11.4 Å². The zero-order valence-electron chi connectivity index (χ0n) is 11.3. The molecule has 0 spiro atoms. The summed E-state index contributed by atoms with van der Waals surface area (Å²) >= 11 is 3.49. The molecule has 5 heteroatoms. The summed E-state index contributed by atoms with van der Waals surface area (Å²) in [7, 11) is 0. The average Bonchev–Trinajstić information content (AvgIpc) is 2.97. The third-order valence-corrected chi connectivity index (χ3v) is 3.81. The van der Waals surface area contributed by atoms with E-state index >= 15 is 0 Å². The van der Waals surface area contributed by atoms with Crippen LogP contribution in [0.15, 0.2) is 57.5 Å². The summed E-state index contributed by atoms with van der Waals surface area (Å²) in [5.74, 6) is 0.635. The molecule has 0 saturated heterocycles. The number of rotatable bonds is 3. The zero-order chi connectivity index (χ0) is 14.8. The van der Waals surface area contributed by atoms with Crippen molar-refractivity contribution in [2.24, 2.45) is 0 Å². The Hall–Kier alpha value is -1.98. The van der Waals surface area contributed by atoms with Crippen LogP contribution in [0.25, 0.3) is 11.4 Å². The van der Waals surface area contributed by atoms with Gasteiger partial charge < -0.3 is 9.63 Å². The summed E-state index contributed by atoms with van der Waals surface area (Å²) in [6.07, 6.45) is -0.920. The SMILES string of the molecule is Cc1ccc(-c2noc(C(O)c3ccccc3)n2)c(Br)c1. The highest BCUT2D eigenvalue weighted by molar-refractivity contribution is 9.10. The zero-order valence-corrected chi connectivity index (χ0v) is 12.9. The molecule has 106 valence electrons. The summed E-state index contributed by atoms with van der Waals surface area (Å²) in [6.45, 7) is 2.01. The molecule has 1 N–H and O–H groups in total. The van der Waals surface area contributed by atoms with Gasteiger partial charge in [0.15, 0.2) is 6.10 Å². The van der Waals surface area contributed by atoms with Gasteiger partial charge in [-0.1, -0.05) is 57.5 Å². The van der Waals surface area contributed by atoms with E-state index in [4.69, 9.17) is 4.52 Å². The molecule has 0 saturated carbocycles. The Morgan fingerprint density at radius 3 is 2.62 bits per heavy atom. The fourth-order valence-corrected chi connectivity index (χ4v) is 2.71. The van der Waals surface area contributed by atoms with Gasteiger partial charge in [0.05, 0.1) is 0 Å². The molecule has 0 aliphatic carbocycles. The highest BCUT2D eigenvalue weighted by Crippen LogP contribution is 2.29. The molecule has 1 unspecified atom stereocenters. The van der Waals surface area contributed by atoms with Crippen molar-refractivity contribution in [3.05, 3.63) is 70.0 Å². The first-order valence-electron chi connectivity index (χ1n) is 6.48. The maximum absolute atomic E-state index is 10.3. The number of aryl methyl sites for hydroxylation is 1. The molecule has 2 aromatic carbocycles. The quantitative estimate of drug-likeness (QED) is 0.782. The first-order valence-corrected chi connectivity index (χ1v) is 7.27. The number of nitrogens with zero attached hydrogens (tertiary/aromatic N) is 2. The van der Waals surface area contributed by atoms with E-state index in [1.54, 1.807) is 0 Å². The van der Waals surface area contributed by atoms with E-state index in [-0.39, 0.29) is 5.89 Å². The van der Waals surface area contributed by atoms with Crippen LogP contribution in [0.2, 0.25) is 0 Å². The van der Waals surface area contributed by atoms with Gasteiger partial charge in [0, 0.05) is 10.0 Å². The van der Waals surface area contributed by atoms with Gasteiger partial charge in [0.1, 0.15) is 0 Å². The first kappa shape index (κ1) is 14.0. The predicted molar refractivity (Wildman–Crippen MR) is 82.7 cm³/mol. The second kappa shape index (κ2) is 5.79. The van der Waals surface area contributed by atoms with E-state index in [9.17, 15) is 5.11 Å². The Balaban J connectivity index is 1.93. The molecule has 1 atom stereocenters. The minimum atomic E-state index is -0.920. The Kier molecular flexibility index (Phi) is 3.86. The van der Waals surface area contributed by atoms with E-state index in [1.165, 1.54) is 0 Å². The number of benzene rings is 2. The normalized spacial score (nSPS) is 12.3. The summed E-state index contributed by atoms with van der Waals surface area (Å²) in [4.78, 5) is 4.29. The summed E-state index contributed by atoms with van der Waals surface area (Å²) in [5.41, 5.74) is 2.69. The van der Waals surface area contributed by atoms with Crippen molar-refractivity contribution < 1.29 is 9.63 Å². The van der Waals surface area contributed by atoms with Crippen LogP contribution in [0.1, 0.15) is 23.1 Å². The van der Waals surface area contributed by atoms with Gasteiger partial charge in [-0.25, -0.2) is 0 Å². The van der Waals surface area contributed by atoms with Crippen LogP contribution in [-0.4, -0.2) is 15.2 Å². The molecule has 0 aliphatic rings. The van der Waals surface area contributed by atoms with Gasteiger partial charge in [-0.2, -0.15) is 4.98 Å². The van der Waals surface area contributed by atoms with Crippen LogP contribution >= 0.6 is 15.9 Å². The van der Waals surface area contributed by atoms with E-state index in [2.05, 4.69) is 26.1 Å². The number of halogens is 1. The minimum absolute atomic E-state index is 0.184. The van der Waals surface area contributed by atoms with Gasteiger partial charge >= 0.3 is 0 Å². The van der Waals surface area contributed by atoms with Gasteiger partial charge in [0.25, 0.3) is 5.89 Å². The highest BCUT2D eigenvalue weighted by atomic mass is 79.9. The average molecular weight is 345 g/mol. The van der Waals surface area contributed by atoms with Crippen LogP contribution in [0.5, 0.6) is 0 Å². The fraction of sp³-hybridized carbons (Fsp3) is 0.125. The largest absolute Gasteiger partial charge is 0.378 e. The second-order valence-electron chi connectivity index (χ2n) is 4.75. The molecule has 0 radical (unpaired) electrons. The molecular formula is C16H13BrN2O2. The monoisotopic (exact) mass is 344 g/mol. The lowest BCUT2D eigenvalue weighted by molar-refractivity contribution is 0.170. The topological polar surface area (TPSA) is 59.2 Å². The van der Waals surface area contributed by atoms with Crippen molar-refractivity contribution in [1.82, 2.24) is 10.1 Å². The molecule has 1 aromatic heterocycles. The lowest BCUT2D eigenvalue weighted by Gasteiger charge is -2.04. The molecule has 0 aliphatic heterocycles. The first-order chi connectivity index (χ1) is 10.1. The standard InChI is InChI=1S/C16H13BrN2O2/c1-10-7-8-12(13(17)9-10)15-18-16(21-19-15)14(20)11-5-3-2-4-6-11/h2-9,14,20H,1H3. The third kappa shape index (κ3) is 2.89. The van der Waals surface area contributed by atoms with Gasteiger partial charge in [0.2, 0.25) is 5.82 Å². The summed E-state index contributed by atoms with van der Waals surface area (Å²) in [6, 6.07) is 15.1. The number of aliphatic hydroxyl groups excluding tert-OH is 1. The van der Waals surface area contributed by atoms with Gasteiger partial charge in [-0.3, -0.25) is 0 Å². The molecule has 0 fully saturated rings. The maximum Gasteiger partial charge on any atom is 0.260 e. The van der Waals surface area contributed by atoms with Gasteiger partial charge in [-0.05, 0) is 30.2 Å². The molecule has 3 aromatic rings. The fourth-order valence-electron chi connectivity index (χ4n) is 2.04. The van der Waals surface area contributed by atoms with Crippen LogP contribution in [-0.2, 0) is 0 Å². The number of hydrogen-bond acceptors (Lipinski definition) is 4. The molecule has 3 rings (SSSR count). The Bertz CT molecular complexity index is 756. The maximum atomic E-state index is 10.3.